The molecule has 0 radical (unpaired) electrons. The summed E-state index contributed by atoms with van der Waals surface area (Å²) in [4.78, 5) is 10.5. The summed E-state index contributed by atoms with van der Waals surface area (Å²) in [5.41, 5.74) is 1.30. The first kappa shape index (κ1) is 13.3. The molecule has 4 heteroatoms. The van der Waals surface area contributed by atoms with Gasteiger partial charge in [-0.2, -0.15) is 0 Å². The van der Waals surface area contributed by atoms with Gasteiger partial charge in [-0.1, -0.05) is 12.1 Å². The Balaban J connectivity index is 2.47. The van der Waals surface area contributed by atoms with E-state index in [-0.39, 0.29) is 18.8 Å². The molecule has 4 nitrogen and oxygen atoms in total. The maximum absolute atomic E-state index is 10.5. The molecule has 2 N–H and O–H groups in total. The number of carboxylic acid groups (broad SMARTS) is 1. The van der Waals surface area contributed by atoms with Crippen LogP contribution in [0.5, 0.6) is 5.75 Å². The molecule has 0 aliphatic carbocycles. The molecule has 0 bridgehead atoms. The number of aliphatic hydroxyl groups is 1. The van der Waals surface area contributed by atoms with Gasteiger partial charge in [0.1, 0.15) is 12.4 Å². The smallest absolute Gasteiger partial charge is 0.331 e. The zero-order valence-electron chi connectivity index (χ0n) is 9.72. The molecule has 0 atom stereocenters. The highest BCUT2D eigenvalue weighted by molar-refractivity contribution is 5.85. The molecule has 0 saturated carbocycles. The average Bonchev–Trinajstić information content (AvgIpc) is 2.31. The van der Waals surface area contributed by atoms with Gasteiger partial charge in [-0.25, -0.2) is 4.79 Å². The molecule has 0 amide bonds. The van der Waals surface area contributed by atoms with Crippen LogP contribution in [0.25, 0.3) is 0 Å². The average molecular weight is 236 g/mol. The van der Waals surface area contributed by atoms with Crippen molar-refractivity contribution in [2.24, 2.45) is 0 Å². The molecule has 17 heavy (non-hydrogen) atoms. The lowest BCUT2D eigenvalue weighted by Gasteiger charge is -2.04. The minimum atomic E-state index is -0.938. The van der Waals surface area contributed by atoms with Gasteiger partial charge in [0.15, 0.2) is 0 Å². The van der Waals surface area contributed by atoms with Crippen LogP contribution < -0.4 is 4.74 Å². The van der Waals surface area contributed by atoms with Crippen molar-refractivity contribution in [2.45, 2.75) is 13.3 Å². The highest BCUT2D eigenvalue weighted by atomic mass is 16.5. The molecule has 0 fully saturated rings. The summed E-state index contributed by atoms with van der Waals surface area (Å²) in [7, 11) is 0. The van der Waals surface area contributed by atoms with Crippen LogP contribution in [-0.2, 0) is 11.2 Å². The van der Waals surface area contributed by atoms with Gasteiger partial charge in [0.2, 0.25) is 0 Å². The second-order valence-electron chi connectivity index (χ2n) is 3.62. The normalized spacial score (nSPS) is 11.3. The molecule has 0 unspecified atom stereocenters. The van der Waals surface area contributed by atoms with Crippen molar-refractivity contribution in [1.82, 2.24) is 0 Å². The van der Waals surface area contributed by atoms with Gasteiger partial charge < -0.3 is 14.9 Å². The Morgan fingerprint density at radius 2 is 2.00 bits per heavy atom. The molecule has 1 aromatic carbocycles. The number of aliphatic carboxylic acids is 1. The highest BCUT2D eigenvalue weighted by Crippen LogP contribution is 2.12. The third-order valence-electron chi connectivity index (χ3n) is 2.30. The minimum Gasteiger partial charge on any atom is -0.490 e. The molecular weight excluding hydrogens is 220 g/mol. The molecule has 0 spiro atoms. The van der Waals surface area contributed by atoms with E-state index in [4.69, 9.17) is 14.9 Å². The third-order valence-corrected chi connectivity index (χ3v) is 2.30. The van der Waals surface area contributed by atoms with Crippen molar-refractivity contribution in [3.8, 4) is 5.75 Å². The van der Waals surface area contributed by atoms with Crippen molar-refractivity contribution in [1.29, 1.82) is 0 Å². The first-order valence-electron chi connectivity index (χ1n) is 5.36. The molecule has 1 aromatic rings. The first-order valence-corrected chi connectivity index (χ1v) is 5.36. The fourth-order valence-corrected chi connectivity index (χ4v) is 1.23. The zero-order chi connectivity index (χ0) is 12.7. The van der Waals surface area contributed by atoms with Crippen molar-refractivity contribution < 1.29 is 19.7 Å². The summed E-state index contributed by atoms with van der Waals surface area (Å²) >= 11 is 0. The van der Waals surface area contributed by atoms with Gasteiger partial charge in [-0.3, -0.25) is 0 Å². The Morgan fingerprint density at radius 1 is 1.35 bits per heavy atom. The maximum Gasteiger partial charge on any atom is 0.331 e. The topological polar surface area (TPSA) is 66.8 Å². The van der Waals surface area contributed by atoms with Crippen LogP contribution >= 0.6 is 0 Å². The van der Waals surface area contributed by atoms with E-state index in [9.17, 15) is 4.79 Å². The van der Waals surface area contributed by atoms with Gasteiger partial charge in [0.25, 0.3) is 0 Å². The van der Waals surface area contributed by atoms with Gasteiger partial charge in [0, 0.05) is 12.2 Å². The van der Waals surface area contributed by atoms with Crippen molar-refractivity contribution in [2.75, 3.05) is 13.2 Å². The van der Waals surface area contributed by atoms with Crippen LogP contribution in [0.2, 0.25) is 0 Å². The number of carboxylic acids is 1. The predicted molar refractivity (Wildman–Crippen MR) is 64.1 cm³/mol. The summed E-state index contributed by atoms with van der Waals surface area (Å²) in [5.74, 6) is -0.256. The van der Waals surface area contributed by atoms with Crippen LogP contribution in [0.15, 0.2) is 35.9 Å². The molecule has 0 saturated heterocycles. The van der Waals surface area contributed by atoms with E-state index >= 15 is 0 Å². The molecular formula is C13H16O4. The molecule has 92 valence electrons. The molecule has 0 aliphatic rings. The Labute approximate surface area is 100 Å². The number of hydrogen-bond donors (Lipinski definition) is 2. The van der Waals surface area contributed by atoms with E-state index in [1.54, 1.807) is 12.1 Å². The SMILES string of the molecule is C/C(=C/COc1ccc(CCO)cc1)C(=O)O. The Kier molecular flexibility index (Phi) is 5.23. The van der Waals surface area contributed by atoms with E-state index in [1.165, 1.54) is 13.0 Å². The van der Waals surface area contributed by atoms with Crippen molar-refractivity contribution >= 4 is 5.97 Å². The van der Waals surface area contributed by atoms with Gasteiger partial charge in [-0.05, 0) is 37.1 Å². The van der Waals surface area contributed by atoms with Gasteiger partial charge in [0.05, 0.1) is 0 Å². The summed E-state index contributed by atoms with van der Waals surface area (Å²) in [6.45, 7) is 1.88. The van der Waals surface area contributed by atoms with Crippen LogP contribution in [0, 0.1) is 0 Å². The highest BCUT2D eigenvalue weighted by Gasteiger charge is 1.99. The second kappa shape index (κ2) is 6.70. The monoisotopic (exact) mass is 236 g/mol. The lowest BCUT2D eigenvalue weighted by Crippen LogP contribution is -2.00. The van der Waals surface area contributed by atoms with Crippen LogP contribution in [0.4, 0.5) is 0 Å². The lowest BCUT2D eigenvalue weighted by molar-refractivity contribution is -0.132. The van der Waals surface area contributed by atoms with E-state index in [0.717, 1.165) is 5.56 Å². The van der Waals surface area contributed by atoms with Crippen LogP contribution in [0.3, 0.4) is 0 Å². The lowest BCUT2D eigenvalue weighted by atomic mass is 10.1. The minimum absolute atomic E-state index is 0.126. The summed E-state index contributed by atoms with van der Waals surface area (Å²) in [6, 6.07) is 7.35. The summed E-state index contributed by atoms with van der Waals surface area (Å²) in [5, 5.41) is 17.4. The second-order valence-corrected chi connectivity index (χ2v) is 3.62. The van der Waals surface area contributed by atoms with Crippen LogP contribution in [-0.4, -0.2) is 29.4 Å². The molecule has 0 aromatic heterocycles. The summed E-state index contributed by atoms with van der Waals surface area (Å²) < 4.78 is 5.36. The number of hydrogen-bond acceptors (Lipinski definition) is 3. The standard InChI is InChI=1S/C13H16O4/c1-10(13(15)16)7-9-17-12-4-2-11(3-5-12)6-8-14/h2-5,7,14H,6,8-9H2,1H3,(H,15,16)/b10-7-. The number of ether oxygens (including phenoxy) is 1. The Bertz CT molecular complexity index is 392. The number of benzene rings is 1. The zero-order valence-corrected chi connectivity index (χ0v) is 9.72. The fraction of sp³-hybridized carbons (Fsp3) is 0.308. The van der Waals surface area contributed by atoms with E-state index in [1.807, 2.05) is 12.1 Å². The van der Waals surface area contributed by atoms with E-state index in [0.29, 0.717) is 12.2 Å². The fourth-order valence-electron chi connectivity index (χ4n) is 1.23. The first-order chi connectivity index (χ1) is 8.13. The number of carbonyl (C=O) groups is 1. The van der Waals surface area contributed by atoms with Gasteiger partial charge >= 0.3 is 5.97 Å². The van der Waals surface area contributed by atoms with Gasteiger partial charge in [-0.15, -0.1) is 0 Å². The van der Waals surface area contributed by atoms with E-state index in [2.05, 4.69) is 0 Å². The third kappa shape index (κ3) is 4.70. The van der Waals surface area contributed by atoms with Crippen molar-refractivity contribution in [3.05, 3.63) is 41.5 Å². The summed E-state index contributed by atoms with van der Waals surface area (Å²) in [6.07, 6.45) is 2.14. The Hall–Kier alpha value is -1.81. The molecule has 0 heterocycles. The predicted octanol–water partition coefficient (Wildman–Crippen LogP) is 1.63. The Morgan fingerprint density at radius 3 is 2.53 bits per heavy atom. The van der Waals surface area contributed by atoms with Crippen LogP contribution in [0.1, 0.15) is 12.5 Å². The largest absolute Gasteiger partial charge is 0.490 e. The molecule has 1 rings (SSSR count). The maximum atomic E-state index is 10.5. The number of aliphatic hydroxyl groups excluding tert-OH is 1. The van der Waals surface area contributed by atoms with Crippen molar-refractivity contribution in [3.63, 3.8) is 0 Å². The molecule has 0 aliphatic heterocycles. The van der Waals surface area contributed by atoms with E-state index < -0.39 is 5.97 Å². The number of rotatable bonds is 6. The quantitative estimate of drug-likeness (QED) is 0.737.